The summed E-state index contributed by atoms with van der Waals surface area (Å²) < 4.78 is 28.7. The molecular weight excluding hydrogens is 394 g/mol. The lowest BCUT2D eigenvalue weighted by Gasteiger charge is -2.40. The first-order valence-corrected chi connectivity index (χ1v) is 11.4. The van der Waals surface area contributed by atoms with Crippen molar-refractivity contribution in [1.82, 2.24) is 4.72 Å². The summed E-state index contributed by atoms with van der Waals surface area (Å²) in [7, 11) is -3.63. The van der Waals surface area contributed by atoms with E-state index in [0.717, 1.165) is 16.8 Å². The van der Waals surface area contributed by atoms with Crippen molar-refractivity contribution >= 4 is 15.7 Å². The van der Waals surface area contributed by atoms with E-state index in [9.17, 15) is 13.7 Å². The van der Waals surface area contributed by atoms with E-state index in [1.165, 1.54) is 0 Å². The summed E-state index contributed by atoms with van der Waals surface area (Å²) >= 11 is 0. The Morgan fingerprint density at radius 3 is 2.37 bits per heavy atom. The lowest BCUT2D eigenvalue weighted by atomic mass is 9.94. The van der Waals surface area contributed by atoms with Gasteiger partial charge in [-0.2, -0.15) is 5.26 Å². The summed E-state index contributed by atoms with van der Waals surface area (Å²) in [6.45, 7) is 2.66. The predicted octanol–water partition coefficient (Wildman–Crippen LogP) is 4.03. The zero-order chi connectivity index (χ0) is 21.1. The van der Waals surface area contributed by atoms with E-state index in [-0.39, 0.29) is 17.0 Å². The maximum absolute atomic E-state index is 12.9. The molecule has 3 aromatic carbocycles. The van der Waals surface area contributed by atoms with Gasteiger partial charge in [0.2, 0.25) is 10.0 Å². The maximum atomic E-state index is 12.9. The van der Waals surface area contributed by atoms with Gasteiger partial charge in [-0.15, -0.1) is 0 Å². The van der Waals surface area contributed by atoms with Gasteiger partial charge in [-0.05, 0) is 54.8 Å². The van der Waals surface area contributed by atoms with Gasteiger partial charge in [-0.1, -0.05) is 48.5 Å². The second-order valence-electron chi connectivity index (χ2n) is 7.53. The van der Waals surface area contributed by atoms with Crippen molar-refractivity contribution in [3.05, 3.63) is 95.6 Å². The number of nitrogens with one attached hydrogen (secondary N) is 1. The average molecular weight is 418 g/mol. The minimum Gasteiger partial charge on any atom is -0.363 e. The van der Waals surface area contributed by atoms with E-state index in [2.05, 4.69) is 34.7 Å². The first-order chi connectivity index (χ1) is 14.5. The molecule has 0 aliphatic carbocycles. The van der Waals surface area contributed by atoms with Gasteiger partial charge in [0.15, 0.2) is 0 Å². The van der Waals surface area contributed by atoms with Crippen molar-refractivity contribution in [2.45, 2.75) is 30.3 Å². The zero-order valence-electron chi connectivity index (χ0n) is 16.7. The van der Waals surface area contributed by atoms with Crippen LogP contribution in [-0.2, 0) is 16.4 Å². The van der Waals surface area contributed by atoms with Crippen LogP contribution in [0.1, 0.15) is 29.7 Å². The highest BCUT2D eigenvalue weighted by atomic mass is 32.2. The molecule has 6 heteroatoms. The third-order valence-electron chi connectivity index (χ3n) is 5.53. The van der Waals surface area contributed by atoms with Crippen LogP contribution in [-0.4, -0.2) is 21.0 Å². The number of benzene rings is 3. The Kier molecular flexibility index (Phi) is 5.58. The van der Waals surface area contributed by atoms with Gasteiger partial charge in [-0.3, -0.25) is 0 Å². The zero-order valence-corrected chi connectivity index (χ0v) is 17.5. The molecule has 4 rings (SSSR count). The van der Waals surface area contributed by atoms with Crippen LogP contribution < -0.4 is 9.62 Å². The summed E-state index contributed by atoms with van der Waals surface area (Å²) in [6.07, 6.45) is 0.537. The first-order valence-electron chi connectivity index (χ1n) is 9.90. The van der Waals surface area contributed by atoms with E-state index in [4.69, 9.17) is 0 Å². The van der Waals surface area contributed by atoms with Crippen molar-refractivity contribution < 1.29 is 8.42 Å². The average Bonchev–Trinajstić information content (AvgIpc) is 2.78. The molecule has 0 bridgehead atoms. The van der Waals surface area contributed by atoms with Crippen LogP contribution in [0.5, 0.6) is 0 Å². The Hall–Kier alpha value is -3.14. The maximum Gasteiger partial charge on any atom is 0.240 e. The molecule has 1 aliphatic heterocycles. The van der Waals surface area contributed by atoms with Crippen molar-refractivity contribution in [1.29, 1.82) is 5.26 Å². The van der Waals surface area contributed by atoms with Crippen molar-refractivity contribution in [2.24, 2.45) is 0 Å². The van der Waals surface area contributed by atoms with Crippen LogP contribution in [0.3, 0.4) is 0 Å². The first kappa shape index (κ1) is 20.1. The van der Waals surface area contributed by atoms with Crippen LogP contribution in [0.25, 0.3) is 0 Å². The minimum absolute atomic E-state index is 0.0573. The smallest absolute Gasteiger partial charge is 0.240 e. The largest absolute Gasteiger partial charge is 0.363 e. The molecule has 1 aliphatic rings. The molecule has 0 saturated heterocycles. The fraction of sp³-hybridized carbons (Fsp3) is 0.208. The molecular formula is C24H23N3O2S. The van der Waals surface area contributed by atoms with Crippen LogP contribution in [0.15, 0.2) is 83.8 Å². The Labute approximate surface area is 177 Å². The predicted molar refractivity (Wildman–Crippen MR) is 118 cm³/mol. The van der Waals surface area contributed by atoms with Crippen LogP contribution in [0, 0.1) is 11.3 Å². The lowest BCUT2D eigenvalue weighted by molar-refractivity contribution is 0.506. The fourth-order valence-corrected chi connectivity index (χ4v) is 5.26. The van der Waals surface area contributed by atoms with E-state index in [1.54, 1.807) is 30.3 Å². The van der Waals surface area contributed by atoms with E-state index in [1.807, 2.05) is 36.4 Å². The Bertz CT molecular complexity index is 1170. The second kappa shape index (κ2) is 8.31. The Morgan fingerprint density at radius 1 is 1.03 bits per heavy atom. The lowest BCUT2D eigenvalue weighted by Crippen LogP contribution is -2.49. The van der Waals surface area contributed by atoms with Crippen molar-refractivity contribution in [2.75, 3.05) is 11.4 Å². The molecule has 2 unspecified atom stereocenters. The van der Waals surface area contributed by atoms with Crippen molar-refractivity contribution in [3.63, 3.8) is 0 Å². The number of anilines is 1. The minimum atomic E-state index is -3.63. The van der Waals surface area contributed by atoms with Crippen LogP contribution in [0.4, 0.5) is 5.69 Å². The monoisotopic (exact) mass is 417 g/mol. The number of nitrogens with zero attached hydrogens (tertiary/aromatic N) is 2. The highest BCUT2D eigenvalue weighted by Crippen LogP contribution is 2.35. The summed E-state index contributed by atoms with van der Waals surface area (Å²) in [5, 5.41) is 9.32. The molecule has 3 aromatic rings. The normalized spacial score (nSPS) is 17.1. The van der Waals surface area contributed by atoms with Gasteiger partial charge >= 0.3 is 0 Å². The molecule has 30 heavy (non-hydrogen) atoms. The van der Waals surface area contributed by atoms with E-state index in [0.29, 0.717) is 18.5 Å². The molecule has 2 atom stereocenters. The van der Waals surface area contributed by atoms with Gasteiger partial charge in [0.25, 0.3) is 0 Å². The molecule has 152 valence electrons. The third kappa shape index (κ3) is 4.09. The summed E-state index contributed by atoms with van der Waals surface area (Å²) in [6, 6.07) is 26.1. The van der Waals surface area contributed by atoms with E-state index < -0.39 is 10.0 Å². The SMILES string of the molecule is CC(c1ccccc1)N1CC(NS(=O)(=O)c2ccccc2)Cc2cc(C#N)ccc21. The molecule has 0 fully saturated rings. The molecule has 1 heterocycles. The number of hydrogen-bond acceptors (Lipinski definition) is 4. The Balaban J connectivity index is 1.68. The standard InChI is InChI=1S/C24H23N3O2S/c1-18(20-8-4-2-5-9-20)27-17-22(15-21-14-19(16-25)12-13-24(21)27)26-30(28,29)23-10-6-3-7-11-23/h2-14,18,22,26H,15,17H2,1H3. The van der Waals surface area contributed by atoms with Gasteiger partial charge in [0, 0.05) is 18.3 Å². The number of sulfonamides is 1. The van der Waals surface area contributed by atoms with Gasteiger partial charge < -0.3 is 4.90 Å². The number of nitriles is 1. The molecule has 0 spiro atoms. The quantitative estimate of drug-likeness (QED) is 0.680. The van der Waals surface area contributed by atoms with Crippen LogP contribution in [0.2, 0.25) is 0 Å². The summed E-state index contributed by atoms with van der Waals surface area (Å²) in [5.41, 5.74) is 3.75. The fourth-order valence-electron chi connectivity index (χ4n) is 4.01. The summed E-state index contributed by atoms with van der Waals surface area (Å²) in [4.78, 5) is 2.47. The second-order valence-corrected chi connectivity index (χ2v) is 9.24. The van der Waals surface area contributed by atoms with Gasteiger partial charge in [0.1, 0.15) is 0 Å². The Morgan fingerprint density at radius 2 is 1.70 bits per heavy atom. The number of hydrogen-bond donors (Lipinski definition) is 1. The van der Waals surface area contributed by atoms with Crippen LogP contribution >= 0.6 is 0 Å². The molecule has 0 radical (unpaired) electrons. The highest BCUT2D eigenvalue weighted by molar-refractivity contribution is 7.89. The molecule has 0 aromatic heterocycles. The number of rotatable bonds is 5. The third-order valence-corrected chi connectivity index (χ3v) is 7.06. The highest BCUT2D eigenvalue weighted by Gasteiger charge is 2.31. The van der Waals surface area contributed by atoms with Gasteiger partial charge in [0.05, 0.1) is 22.6 Å². The molecule has 1 N–H and O–H groups in total. The number of fused-ring (bicyclic) bond motifs is 1. The van der Waals surface area contributed by atoms with E-state index >= 15 is 0 Å². The molecule has 5 nitrogen and oxygen atoms in total. The molecule has 0 saturated carbocycles. The molecule has 0 amide bonds. The topological polar surface area (TPSA) is 73.2 Å². The summed E-state index contributed by atoms with van der Waals surface area (Å²) in [5.74, 6) is 0. The van der Waals surface area contributed by atoms with Crippen molar-refractivity contribution in [3.8, 4) is 6.07 Å². The van der Waals surface area contributed by atoms with Gasteiger partial charge in [-0.25, -0.2) is 13.1 Å².